The van der Waals surface area contributed by atoms with Crippen LogP contribution in [0.3, 0.4) is 0 Å². The molecule has 0 atom stereocenters. The van der Waals surface area contributed by atoms with E-state index in [1.165, 1.54) is 44.3 Å². The highest BCUT2D eigenvalue weighted by Crippen LogP contribution is 2.23. The summed E-state index contributed by atoms with van der Waals surface area (Å²) in [4.78, 5) is 4.04. The summed E-state index contributed by atoms with van der Waals surface area (Å²) in [7, 11) is 0. The average Bonchev–Trinajstić information content (AvgIpc) is 2.30. The molecule has 0 saturated carbocycles. The van der Waals surface area contributed by atoms with Crippen LogP contribution >= 0.6 is 22.9 Å². The van der Waals surface area contributed by atoms with E-state index in [1.807, 2.05) is 12.4 Å². The number of aryl methyl sites for hydroxylation is 1. The molecule has 3 heteroatoms. The molecule has 0 bridgehead atoms. The summed E-state index contributed by atoms with van der Waals surface area (Å²) < 4.78 is 2.40. The van der Waals surface area contributed by atoms with Gasteiger partial charge >= 0.3 is 0 Å². The summed E-state index contributed by atoms with van der Waals surface area (Å²) in [6, 6.07) is 4.26. The standard InChI is InChI=1S/C12H17IN2/c13-15-9-5-12(6-10-15)2-1-11-3-7-14-8-4-11/h3-4,7-8,12H,1-2,5-6,9-10H2. The van der Waals surface area contributed by atoms with Crippen molar-refractivity contribution >= 4 is 22.9 Å². The van der Waals surface area contributed by atoms with Gasteiger partial charge in [0, 0.05) is 48.3 Å². The van der Waals surface area contributed by atoms with Crippen LogP contribution in [0.4, 0.5) is 0 Å². The first kappa shape index (κ1) is 11.3. The lowest BCUT2D eigenvalue weighted by molar-refractivity contribution is 0.295. The Morgan fingerprint density at radius 3 is 2.60 bits per heavy atom. The molecule has 1 fully saturated rings. The molecule has 2 nitrogen and oxygen atoms in total. The number of piperidine rings is 1. The Balaban J connectivity index is 1.74. The van der Waals surface area contributed by atoms with Gasteiger partial charge in [0.2, 0.25) is 0 Å². The molecular weight excluding hydrogens is 299 g/mol. The van der Waals surface area contributed by atoms with Crippen molar-refractivity contribution in [1.29, 1.82) is 0 Å². The second-order valence-corrected chi connectivity index (χ2v) is 5.61. The van der Waals surface area contributed by atoms with Gasteiger partial charge in [-0.3, -0.25) is 4.98 Å². The molecule has 2 heterocycles. The molecule has 0 amide bonds. The SMILES string of the molecule is IN1CCC(CCc2ccncc2)CC1. The summed E-state index contributed by atoms with van der Waals surface area (Å²) in [5, 5.41) is 0. The minimum Gasteiger partial charge on any atom is -0.265 e. The molecule has 1 aromatic rings. The van der Waals surface area contributed by atoms with Crippen LogP contribution in [0.15, 0.2) is 24.5 Å². The lowest BCUT2D eigenvalue weighted by Crippen LogP contribution is -2.26. The summed E-state index contributed by atoms with van der Waals surface area (Å²) in [5.41, 5.74) is 1.43. The lowest BCUT2D eigenvalue weighted by Gasteiger charge is -2.27. The quantitative estimate of drug-likeness (QED) is 0.629. The molecule has 2 rings (SSSR count). The van der Waals surface area contributed by atoms with Crippen molar-refractivity contribution in [2.45, 2.75) is 25.7 Å². The van der Waals surface area contributed by atoms with Crippen LogP contribution in [0.1, 0.15) is 24.8 Å². The maximum absolute atomic E-state index is 4.04. The van der Waals surface area contributed by atoms with E-state index in [1.54, 1.807) is 0 Å². The van der Waals surface area contributed by atoms with Crippen LogP contribution in [-0.2, 0) is 6.42 Å². The van der Waals surface area contributed by atoms with Gasteiger partial charge in [0.15, 0.2) is 0 Å². The van der Waals surface area contributed by atoms with E-state index in [9.17, 15) is 0 Å². The van der Waals surface area contributed by atoms with Crippen LogP contribution in [0.2, 0.25) is 0 Å². The highest BCUT2D eigenvalue weighted by Gasteiger charge is 2.16. The highest BCUT2D eigenvalue weighted by atomic mass is 127. The molecule has 82 valence electrons. The highest BCUT2D eigenvalue weighted by molar-refractivity contribution is 14.1. The predicted molar refractivity (Wildman–Crippen MR) is 70.9 cm³/mol. The third-order valence-electron chi connectivity index (χ3n) is 3.15. The fraction of sp³-hybridized carbons (Fsp3) is 0.583. The molecular formula is C12H17IN2. The molecule has 1 aliphatic heterocycles. The zero-order valence-corrected chi connectivity index (χ0v) is 11.1. The Kier molecular flexibility index (Phi) is 4.38. The summed E-state index contributed by atoms with van der Waals surface area (Å²) in [6.45, 7) is 2.53. The van der Waals surface area contributed by atoms with Crippen LogP contribution < -0.4 is 0 Å². The Hall–Kier alpha value is -0.160. The van der Waals surface area contributed by atoms with E-state index in [-0.39, 0.29) is 0 Å². The molecule has 0 aliphatic carbocycles. The fourth-order valence-electron chi connectivity index (χ4n) is 2.11. The van der Waals surface area contributed by atoms with Gasteiger partial charge in [-0.25, -0.2) is 3.11 Å². The number of aromatic nitrogens is 1. The third-order valence-corrected chi connectivity index (χ3v) is 4.12. The number of nitrogens with zero attached hydrogens (tertiary/aromatic N) is 2. The summed E-state index contributed by atoms with van der Waals surface area (Å²) in [6.07, 6.45) is 9.08. The predicted octanol–water partition coefficient (Wildman–Crippen LogP) is 3.08. The second-order valence-electron chi connectivity index (χ2n) is 4.25. The van der Waals surface area contributed by atoms with Crippen molar-refractivity contribution in [3.63, 3.8) is 0 Å². The van der Waals surface area contributed by atoms with Gasteiger partial charge in [0.05, 0.1) is 0 Å². The van der Waals surface area contributed by atoms with E-state index < -0.39 is 0 Å². The van der Waals surface area contributed by atoms with Gasteiger partial charge < -0.3 is 0 Å². The van der Waals surface area contributed by atoms with Gasteiger partial charge in [0.25, 0.3) is 0 Å². The largest absolute Gasteiger partial charge is 0.265 e. The van der Waals surface area contributed by atoms with E-state index in [0.717, 1.165) is 5.92 Å². The van der Waals surface area contributed by atoms with Crippen LogP contribution in [-0.4, -0.2) is 21.2 Å². The van der Waals surface area contributed by atoms with Crippen molar-refractivity contribution in [3.05, 3.63) is 30.1 Å². The number of hydrogen-bond acceptors (Lipinski definition) is 2. The molecule has 1 saturated heterocycles. The first-order chi connectivity index (χ1) is 7.34. The Morgan fingerprint density at radius 1 is 1.27 bits per heavy atom. The van der Waals surface area contributed by atoms with E-state index >= 15 is 0 Å². The van der Waals surface area contributed by atoms with Gasteiger partial charge in [-0.2, -0.15) is 0 Å². The monoisotopic (exact) mass is 316 g/mol. The van der Waals surface area contributed by atoms with Crippen molar-refractivity contribution in [2.24, 2.45) is 5.92 Å². The molecule has 0 radical (unpaired) electrons. The van der Waals surface area contributed by atoms with Crippen molar-refractivity contribution < 1.29 is 0 Å². The van der Waals surface area contributed by atoms with Crippen molar-refractivity contribution in [1.82, 2.24) is 8.10 Å². The Morgan fingerprint density at radius 2 is 1.93 bits per heavy atom. The summed E-state index contributed by atoms with van der Waals surface area (Å²) >= 11 is 2.43. The minimum atomic E-state index is 0.934. The van der Waals surface area contributed by atoms with Gasteiger partial charge in [0.1, 0.15) is 0 Å². The Bertz CT molecular complexity index is 281. The number of hydrogen-bond donors (Lipinski definition) is 0. The molecule has 1 aromatic heterocycles. The van der Waals surface area contributed by atoms with Gasteiger partial charge in [-0.1, -0.05) is 0 Å². The van der Waals surface area contributed by atoms with Gasteiger partial charge in [-0.15, -0.1) is 0 Å². The number of pyridine rings is 1. The van der Waals surface area contributed by atoms with Gasteiger partial charge in [-0.05, 0) is 49.3 Å². The second kappa shape index (κ2) is 5.80. The Labute approximate surface area is 106 Å². The maximum Gasteiger partial charge on any atom is 0.0270 e. The van der Waals surface area contributed by atoms with E-state index in [2.05, 4.69) is 43.1 Å². The number of halogens is 1. The van der Waals surface area contributed by atoms with Crippen molar-refractivity contribution in [3.8, 4) is 0 Å². The molecule has 0 N–H and O–H groups in total. The van der Waals surface area contributed by atoms with Crippen LogP contribution in [0, 0.1) is 5.92 Å². The zero-order chi connectivity index (χ0) is 10.5. The fourth-order valence-corrected chi connectivity index (χ4v) is 2.67. The average molecular weight is 316 g/mol. The molecule has 0 spiro atoms. The normalized spacial score (nSPS) is 19.3. The maximum atomic E-state index is 4.04. The number of rotatable bonds is 3. The molecule has 15 heavy (non-hydrogen) atoms. The molecule has 0 unspecified atom stereocenters. The third kappa shape index (κ3) is 3.72. The molecule has 0 aromatic carbocycles. The topological polar surface area (TPSA) is 16.1 Å². The summed E-state index contributed by atoms with van der Waals surface area (Å²) in [5.74, 6) is 0.934. The first-order valence-electron chi connectivity index (χ1n) is 5.64. The smallest absolute Gasteiger partial charge is 0.0270 e. The van der Waals surface area contributed by atoms with E-state index in [0.29, 0.717) is 0 Å². The van der Waals surface area contributed by atoms with Crippen LogP contribution in [0.5, 0.6) is 0 Å². The minimum absolute atomic E-state index is 0.934. The zero-order valence-electron chi connectivity index (χ0n) is 8.90. The lowest BCUT2D eigenvalue weighted by atomic mass is 9.92. The van der Waals surface area contributed by atoms with Crippen molar-refractivity contribution in [2.75, 3.05) is 13.1 Å². The first-order valence-corrected chi connectivity index (χ1v) is 6.61. The molecule has 1 aliphatic rings. The van der Waals surface area contributed by atoms with E-state index in [4.69, 9.17) is 0 Å². The van der Waals surface area contributed by atoms with Crippen LogP contribution in [0.25, 0.3) is 0 Å².